The maximum absolute atomic E-state index is 13.3. The van der Waals surface area contributed by atoms with Gasteiger partial charge in [-0.05, 0) is 43.3 Å². The van der Waals surface area contributed by atoms with E-state index in [1.165, 1.54) is 28.6 Å². The van der Waals surface area contributed by atoms with Gasteiger partial charge in [-0.2, -0.15) is 4.31 Å². The van der Waals surface area contributed by atoms with E-state index in [0.717, 1.165) is 0 Å². The first-order valence-corrected chi connectivity index (χ1v) is 11.2. The summed E-state index contributed by atoms with van der Waals surface area (Å²) in [5.74, 6) is -0.445. The molecular weight excluding hydrogens is 406 g/mol. The van der Waals surface area contributed by atoms with Crippen LogP contribution < -0.4 is 10.2 Å². The molecule has 0 spiro atoms. The molecule has 1 saturated heterocycles. The fourth-order valence-corrected chi connectivity index (χ4v) is 5.15. The third-order valence-electron chi connectivity index (χ3n) is 5.29. The lowest BCUT2D eigenvalue weighted by atomic mass is 10.1. The maximum atomic E-state index is 13.3. The second-order valence-electron chi connectivity index (χ2n) is 7.33. The van der Waals surface area contributed by atoms with Crippen molar-refractivity contribution in [1.82, 2.24) is 4.31 Å². The minimum Gasteiger partial charge on any atom is -0.379 e. The third-order valence-corrected chi connectivity index (χ3v) is 7.20. The smallest absolute Gasteiger partial charge is 0.258 e. The molecule has 2 heterocycles. The number of amides is 2. The number of carbonyl (C=O) groups is 2. The Balaban J connectivity index is 1.63. The number of para-hydroxylation sites is 2. The molecule has 2 aromatic rings. The van der Waals surface area contributed by atoms with Crippen LogP contribution in [0.3, 0.4) is 0 Å². The summed E-state index contributed by atoms with van der Waals surface area (Å²) in [6, 6.07) is 12.7. The van der Waals surface area contributed by atoms with Gasteiger partial charge in [-0.3, -0.25) is 9.59 Å². The Hall–Kier alpha value is -2.75. The molecule has 0 radical (unpaired) electrons. The fourth-order valence-electron chi connectivity index (χ4n) is 3.74. The number of hydrogen-bond acceptors (Lipinski definition) is 5. The van der Waals surface area contributed by atoms with Crippen molar-refractivity contribution in [2.75, 3.05) is 36.5 Å². The lowest BCUT2D eigenvalue weighted by molar-refractivity contribution is -0.116. The first kappa shape index (κ1) is 20.5. The van der Waals surface area contributed by atoms with E-state index in [2.05, 4.69) is 5.32 Å². The zero-order chi connectivity index (χ0) is 21.3. The number of rotatable bonds is 3. The van der Waals surface area contributed by atoms with Crippen LogP contribution in [0.2, 0.25) is 0 Å². The van der Waals surface area contributed by atoms with Crippen molar-refractivity contribution in [2.45, 2.75) is 24.3 Å². The summed E-state index contributed by atoms with van der Waals surface area (Å²) >= 11 is 0. The van der Waals surface area contributed by atoms with Crippen molar-refractivity contribution in [1.29, 1.82) is 0 Å². The summed E-state index contributed by atoms with van der Waals surface area (Å²) in [5.41, 5.74) is 1.55. The molecule has 8 nitrogen and oxygen atoms in total. The molecule has 1 atom stereocenters. The van der Waals surface area contributed by atoms with E-state index in [1.807, 2.05) is 6.92 Å². The molecule has 1 N–H and O–H groups in total. The molecule has 2 aliphatic heterocycles. The van der Waals surface area contributed by atoms with Crippen LogP contribution >= 0.6 is 0 Å². The number of ether oxygens (including phenoxy) is 1. The molecule has 0 aromatic heterocycles. The minimum absolute atomic E-state index is 0.141. The molecule has 158 valence electrons. The molecule has 0 unspecified atom stereocenters. The highest BCUT2D eigenvalue weighted by atomic mass is 32.2. The number of fused-ring (bicyclic) bond motifs is 1. The summed E-state index contributed by atoms with van der Waals surface area (Å²) in [4.78, 5) is 27.2. The number of nitrogens with zero attached hydrogens (tertiary/aromatic N) is 2. The Bertz CT molecular complexity index is 1060. The lowest BCUT2D eigenvalue weighted by Gasteiger charge is -2.28. The van der Waals surface area contributed by atoms with Crippen LogP contribution in [0.5, 0.6) is 0 Å². The maximum Gasteiger partial charge on any atom is 0.258 e. The second kappa shape index (κ2) is 8.17. The van der Waals surface area contributed by atoms with Gasteiger partial charge in [0.15, 0.2) is 0 Å². The molecule has 4 rings (SSSR count). The zero-order valence-corrected chi connectivity index (χ0v) is 17.4. The van der Waals surface area contributed by atoms with E-state index in [4.69, 9.17) is 4.74 Å². The number of hydrogen-bond donors (Lipinski definition) is 1. The van der Waals surface area contributed by atoms with Crippen LogP contribution in [-0.4, -0.2) is 56.9 Å². The average molecular weight is 429 g/mol. The highest BCUT2D eigenvalue weighted by molar-refractivity contribution is 7.89. The Kier molecular flexibility index (Phi) is 5.59. The minimum atomic E-state index is -3.63. The Morgan fingerprint density at radius 3 is 2.43 bits per heavy atom. The molecule has 2 aromatic carbocycles. The standard InChI is InChI=1S/C21H23N3O5S/c1-15-14-20(25)22-18-4-2-3-5-19(18)24(15)21(26)16-6-8-17(9-7-16)30(27,28)23-10-12-29-13-11-23/h2-9,15H,10-14H2,1H3,(H,22,25)/t15-/m1/s1. The van der Waals surface area contributed by atoms with E-state index in [1.54, 1.807) is 29.2 Å². The number of carbonyl (C=O) groups excluding carboxylic acids is 2. The SMILES string of the molecule is C[C@@H]1CC(=O)Nc2ccccc2N1C(=O)c1ccc(S(=O)(=O)N2CCOCC2)cc1. The van der Waals surface area contributed by atoms with Gasteiger partial charge in [-0.25, -0.2) is 8.42 Å². The van der Waals surface area contributed by atoms with Gasteiger partial charge in [0.1, 0.15) is 0 Å². The summed E-state index contributed by atoms with van der Waals surface area (Å²) in [5, 5.41) is 2.83. The van der Waals surface area contributed by atoms with E-state index >= 15 is 0 Å². The van der Waals surface area contributed by atoms with Crippen LogP contribution in [0.1, 0.15) is 23.7 Å². The predicted octanol–water partition coefficient (Wildman–Crippen LogP) is 2.08. The van der Waals surface area contributed by atoms with Gasteiger partial charge in [-0.15, -0.1) is 0 Å². The molecule has 0 aliphatic carbocycles. The molecule has 30 heavy (non-hydrogen) atoms. The highest BCUT2D eigenvalue weighted by Gasteiger charge is 2.31. The van der Waals surface area contributed by atoms with Gasteiger partial charge < -0.3 is 15.0 Å². The van der Waals surface area contributed by atoms with Gasteiger partial charge in [-0.1, -0.05) is 12.1 Å². The molecule has 2 amide bonds. The summed E-state index contributed by atoms with van der Waals surface area (Å²) in [7, 11) is -3.63. The van der Waals surface area contributed by atoms with Crippen molar-refractivity contribution in [3.05, 3.63) is 54.1 Å². The predicted molar refractivity (Wildman–Crippen MR) is 112 cm³/mol. The number of morpholine rings is 1. The Morgan fingerprint density at radius 1 is 1.07 bits per heavy atom. The lowest BCUT2D eigenvalue weighted by Crippen LogP contribution is -2.40. The molecule has 1 fully saturated rings. The normalized spacial score (nSPS) is 20.2. The highest BCUT2D eigenvalue weighted by Crippen LogP contribution is 2.32. The largest absolute Gasteiger partial charge is 0.379 e. The van der Waals surface area contributed by atoms with Crippen molar-refractivity contribution in [3.63, 3.8) is 0 Å². The van der Waals surface area contributed by atoms with Crippen LogP contribution in [-0.2, 0) is 19.6 Å². The van der Waals surface area contributed by atoms with Crippen LogP contribution in [0.4, 0.5) is 11.4 Å². The van der Waals surface area contributed by atoms with Crippen LogP contribution in [0, 0.1) is 0 Å². The van der Waals surface area contributed by atoms with Crippen molar-refractivity contribution >= 4 is 33.2 Å². The quantitative estimate of drug-likeness (QED) is 0.806. The van der Waals surface area contributed by atoms with Gasteiger partial charge in [0, 0.05) is 31.1 Å². The number of anilines is 2. The molecule has 9 heteroatoms. The fraction of sp³-hybridized carbons (Fsp3) is 0.333. The van der Waals surface area contributed by atoms with E-state index < -0.39 is 10.0 Å². The van der Waals surface area contributed by atoms with Gasteiger partial charge >= 0.3 is 0 Å². The zero-order valence-electron chi connectivity index (χ0n) is 16.6. The molecule has 2 aliphatic rings. The van der Waals surface area contributed by atoms with Crippen molar-refractivity contribution < 1.29 is 22.7 Å². The number of sulfonamides is 1. The summed E-state index contributed by atoms with van der Waals surface area (Å²) < 4.78 is 32.2. The Morgan fingerprint density at radius 2 is 1.73 bits per heavy atom. The number of nitrogens with one attached hydrogen (secondary N) is 1. The van der Waals surface area contributed by atoms with E-state index in [-0.39, 0.29) is 29.2 Å². The summed E-state index contributed by atoms with van der Waals surface area (Å²) in [6.45, 7) is 3.18. The number of benzene rings is 2. The van der Waals surface area contributed by atoms with E-state index in [9.17, 15) is 18.0 Å². The van der Waals surface area contributed by atoms with Gasteiger partial charge in [0.2, 0.25) is 15.9 Å². The molecule has 0 bridgehead atoms. The van der Waals surface area contributed by atoms with Crippen molar-refractivity contribution in [2.24, 2.45) is 0 Å². The van der Waals surface area contributed by atoms with Gasteiger partial charge in [0.05, 0.1) is 29.5 Å². The van der Waals surface area contributed by atoms with Gasteiger partial charge in [0.25, 0.3) is 5.91 Å². The summed E-state index contributed by atoms with van der Waals surface area (Å²) in [6.07, 6.45) is 0.171. The molecular formula is C21H23N3O5S. The first-order chi connectivity index (χ1) is 14.4. The molecule has 0 saturated carbocycles. The van der Waals surface area contributed by atoms with Crippen LogP contribution in [0.25, 0.3) is 0 Å². The monoisotopic (exact) mass is 429 g/mol. The average Bonchev–Trinajstić information content (AvgIpc) is 2.88. The van der Waals surface area contributed by atoms with Crippen LogP contribution in [0.15, 0.2) is 53.4 Å². The first-order valence-electron chi connectivity index (χ1n) is 9.78. The Labute approximate surface area is 175 Å². The second-order valence-corrected chi connectivity index (χ2v) is 9.27. The topological polar surface area (TPSA) is 96.0 Å². The third kappa shape index (κ3) is 3.83. The van der Waals surface area contributed by atoms with E-state index in [0.29, 0.717) is 43.2 Å². The van der Waals surface area contributed by atoms with Crippen molar-refractivity contribution in [3.8, 4) is 0 Å².